The summed E-state index contributed by atoms with van der Waals surface area (Å²) in [6, 6.07) is 9.54. The number of ether oxygens (including phenoxy) is 1. The summed E-state index contributed by atoms with van der Waals surface area (Å²) < 4.78 is 7.45. The second-order valence-corrected chi connectivity index (χ2v) is 5.93. The molecule has 1 aromatic carbocycles. The van der Waals surface area contributed by atoms with Gasteiger partial charge in [-0.25, -0.2) is 5.43 Å². The first kappa shape index (κ1) is 14.7. The molecule has 0 aliphatic heterocycles. The van der Waals surface area contributed by atoms with Gasteiger partial charge in [-0.05, 0) is 58.5 Å². The monoisotopic (exact) mass is 433 g/mol. The zero-order valence-corrected chi connectivity index (χ0v) is 14.0. The van der Waals surface area contributed by atoms with Gasteiger partial charge in [-0.15, -0.1) is 0 Å². The number of pyridine rings is 1. The third kappa shape index (κ3) is 3.25. The fraction of sp³-hybridized carbons (Fsp3) is 0.154. The lowest BCUT2D eigenvalue weighted by Gasteiger charge is -2.19. The van der Waals surface area contributed by atoms with Crippen LogP contribution in [-0.4, -0.2) is 12.1 Å². The molecule has 100 valence electrons. The Kier molecular flexibility index (Phi) is 5.14. The highest BCUT2D eigenvalue weighted by Gasteiger charge is 2.20. The predicted octanol–water partition coefficient (Wildman–Crippen LogP) is 3.01. The highest BCUT2D eigenvalue weighted by molar-refractivity contribution is 14.1. The summed E-state index contributed by atoms with van der Waals surface area (Å²) >= 11 is 5.76. The van der Waals surface area contributed by atoms with Gasteiger partial charge in [0, 0.05) is 14.2 Å². The number of hydrogen-bond donors (Lipinski definition) is 2. The van der Waals surface area contributed by atoms with Gasteiger partial charge in [-0.3, -0.25) is 10.8 Å². The Morgan fingerprint density at radius 3 is 2.89 bits per heavy atom. The van der Waals surface area contributed by atoms with E-state index in [1.165, 1.54) is 0 Å². The van der Waals surface area contributed by atoms with Crippen LogP contribution in [0.1, 0.15) is 17.3 Å². The van der Waals surface area contributed by atoms with Gasteiger partial charge in [0.1, 0.15) is 11.4 Å². The maximum Gasteiger partial charge on any atom is 0.142 e. The van der Waals surface area contributed by atoms with E-state index in [0.717, 1.165) is 19.3 Å². The van der Waals surface area contributed by atoms with Crippen LogP contribution in [0.2, 0.25) is 0 Å². The van der Waals surface area contributed by atoms with E-state index in [9.17, 15) is 0 Å². The van der Waals surface area contributed by atoms with Crippen LogP contribution in [0.5, 0.6) is 5.75 Å². The maximum absolute atomic E-state index is 5.72. The average molecular weight is 434 g/mol. The average Bonchev–Trinajstić information content (AvgIpc) is 2.44. The van der Waals surface area contributed by atoms with E-state index in [4.69, 9.17) is 10.6 Å². The van der Waals surface area contributed by atoms with Gasteiger partial charge in [-0.1, -0.05) is 15.9 Å². The Morgan fingerprint density at radius 1 is 1.42 bits per heavy atom. The molecule has 6 heteroatoms. The Balaban J connectivity index is 2.53. The molecule has 0 saturated heterocycles. The standard InChI is InChI=1S/C13H13BrIN3O/c1-19-11-3-2-6-17-13(11)12(18-16)9-7-8(14)4-5-10(9)15/h2-7,12,18H,16H2,1H3. The van der Waals surface area contributed by atoms with E-state index >= 15 is 0 Å². The van der Waals surface area contributed by atoms with Gasteiger partial charge in [0.05, 0.1) is 13.2 Å². The van der Waals surface area contributed by atoms with E-state index < -0.39 is 0 Å². The second kappa shape index (κ2) is 6.65. The highest BCUT2D eigenvalue weighted by Crippen LogP contribution is 2.31. The number of nitrogens with two attached hydrogens (primary N) is 1. The summed E-state index contributed by atoms with van der Waals surface area (Å²) in [5.74, 6) is 6.42. The molecule has 3 N–H and O–H groups in total. The maximum atomic E-state index is 5.72. The fourth-order valence-electron chi connectivity index (χ4n) is 1.84. The molecule has 1 heterocycles. The van der Waals surface area contributed by atoms with Crippen LogP contribution >= 0.6 is 38.5 Å². The van der Waals surface area contributed by atoms with Crippen LogP contribution in [0.15, 0.2) is 41.0 Å². The van der Waals surface area contributed by atoms with E-state index in [0.29, 0.717) is 5.75 Å². The molecule has 0 aliphatic rings. The van der Waals surface area contributed by atoms with Crippen molar-refractivity contribution < 1.29 is 4.74 Å². The van der Waals surface area contributed by atoms with Crippen molar-refractivity contribution in [3.63, 3.8) is 0 Å². The van der Waals surface area contributed by atoms with Crippen molar-refractivity contribution >= 4 is 38.5 Å². The molecule has 0 radical (unpaired) electrons. The molecule has 0 saturated carbocycles. The zero-order chi connectivity index (χ0) is 13.8. The first-order valence-corrected chi connectivity index (χ1v) is 7.44. The summed E-state index contributed by atoms with van der Waals surface area (Å²) in [4.78, 5) is 4.38. The SMILES string of the molecule is COc1cccnc1C(NN)c1cc(Br)ccc1I. The Hall–Kier alpha value is -0.700. The fourth-order valence-corrected chi connectivity index (χ4v) is 2.87. The summed E-state index contributed by atoms with van der Waals surface area (Å²) in [6.45, 7) is 0. The van der Waals surface area contributed by atoms with Crippen LogP contribution in [-0.2, 0) is 0 Å². The quantitative estimate of drug-likeness (QED) is 0.442. The molecule has 4 nitrogen and oxygen atoms in total. The van der Waals surface area contributed by atoms with E-state index in [1.807, 2.05) is 30.3 Å². The lowest BCUT2D eigenvalue weighted by molar-refractivity contribution is 0.400. The number of halogens is 2. The second-order valence-electron chi connectivity index (χ2n) is 3.86. The number of nitrogens with one attached hydrogen (secondary N) is 1. The largest absolute Gasteiger partial charge is 0.495 e. The van der Waals surface area contributed by atoms with Gasteiger partial charge >= 0.3 is 0 Å². The number of hydrogen-bond acceptors (Lipinski definition) is 4. The van der Waals surface area contributed by atoms with Crippen LogP contribution in [0.25, 0.3) is 0 Å². The first-order chi connectivity index (χ1) is 9.17. The summed E-state index contributed by atoms with van der Waals surface area (Å²) in [5, 5.41) is 0. The van der Waals surface area contributed by atoms with Gasteiger partial charge in [0.2, 0.25) is 0 Å². The van der Waals surface area contributed by atoms with Crippen molar-refractivity contribution in [3.05, 3.63) is 55.8 Å². The van der Waals surface area contributed by atoms with Crippen molar-refractivity contribution in [1.82, 2.24) is 10.4 Å². The van der Waals surface area contributed by atoms with E-state index in [2.05, 4.69) is 48.9 Å². The third-order valence-corrected chi connectivity index (χ3v) is 4.20. The molecule has 19 heavy (non-hydrogen) atoms. The number of aromatic nitrogens is 1. The van der Waals surface area contributed by atoms with E-state index in [-0.39, 0.29) is 6.04 Å². The van der Waals surface area contributed by atoms with Crippen molar-refractivity contribution in [3.8, 4) is 5.75 Å². The first-order valence-electron chi connectivity index (χ1n) is 5.57. The molecule has 0 spiro atoms. The molecule has 2 rings (SSSR count). The minimum atomic E-state index is -0.222. The van der Waals surface area contributed by atoms with E-state index in [1.54, 1.807) is 13.3 Å². The van der Waals surface area contributed by atoms with Gasteiger partial charge in [0.15, 0.2) is 0 Å². The molecule has 0 fully saturated rings. The van der Waals surface area contributed by atoms with Crippen LogP contribution in [0.3, 0.4) is 0 Å². The van der Waals surface area contributed by atoms with Crippen molar-refractivity contribution in [2.24, 2.45) is 5.84 Å². The molecular weight excluding hydrogens is 421 g/mol. The minimum absolute atomic E-state index is 0.222. The topological polar surface area (TPSA) is 60.2 Å². The third-order valence-electron chi connectivity index (χ3n) is 2.73. The Labute approximate surface area is 134 Å². The van der Waals surface area contributed by atoms with Gasteiger partial charge in [0.25, 0.3) is 0 Å². The molecule has 1 unspecified atom stereocenters. The molecule has 0 aliphatic carbocycles. The zero-order valence-electron chi connectivity index (χ0n) is 10.2. The molecule has 0 bridgehead atoms. The highest BCUT2D eigenvalue weighted by atomic mass is 127. The van der Waals surface area contributed by atoms with Gasteiger partial charge in [-0.2, -0.15) is 0 Å². The Bertz CT molecular complexity index is 580. The number of hydrazine groups is 1. The van der Waals surface area contributed by atoms with Crippen LogP contribution in [0, 0.1) is 3.57 Å². The molecular formula is C13H13BrIN3O. The summed E-state index contributed by atoms with van der Waals surface area (Å²) in [5.41, 5.74) is 4.63. The van der Waals surface area contributed by atoms with Crippen LogP contribution < -0.4 is 16.0 Å². The molecule has 1 atom stereocenters. The predicted molar refractivity (Wildman–Crippen MR) is 86.8 cm³/mol. The number of rotatable bonds is 4. The summed E-state index contributed by atoms with van der Waals surface area (Å²) in [6.07, 6.45) is 1.73. The van der Waals surface area contributed by atoms with Crippen LogP contribution in [0.4, 0.5) is 0 Å². The normalized spacial score (nSPS) is 12.2. The number of methoxy groups -OCH3 is 1. The van der Waals surface area contributed by atoms with Crippen molar-refractivity contribution in [2.75, 3.05) is 7.11 Å². The van der Waals surface area contributed by atoms with Crippen molar-refractivity contribution in [2.45, 2.75) is 6.04 Å². The Morgan fingerprint density at radius 2 is 2.21 bits per heavy atom. The van der Waals surface area contributed by atoms with Gasteiger partial charge < -0.3 is 4.74 Å². The number of nitrogens with zero attached hydrogens (tertiary/aromatic N) is 1. The molecule has 0 amide bonds. The van der Waals surface area contributed by atoms with Crippen molar-refractivity contribution in [1.29, 1.82) is 0 Å². The lowest BCUT2D eigenvalue weighted by Crippen LogP contribution is -2.30. The summed E-state index contributed by atoms with van der Waals surface area (Å²) in [7, 11) is 1.62. The smallest absolute Gasteiger partial charge is 0.142 e. The molecule has 1 aromatic heterocycles. The number of benzene rings is 1. The molecule has 2 aromatic rings. The lowest BCUT2D eigenvalue weighted by atomic mass is 10.0. The minimum Gasteiger partial charge on any atom is -0.495 e.